The average Bonchev–Trinajstić information content (AvgIpc) is 2.97. The molecule has 2 N–H and O–H groups in total. The molecule has 0 spiro atoms. The van der Waals surface area contributed by atoms with Crippen LogP contribution in [0.5, 0.6) is 0 Å². The fourth-order valence-electron chi connectivity index (χ4n) is 4.76. The summed E-state index contributed by atoms with van der Waals surface area (Å²) in [7, 11) is 0. The average molecular weight is 376 g/mol. The van der Waals surface area contributed by atoms with E-state index in [-0.39, 0.29) is 42.9 Å². The number of piperazine rings is 1. The molecule has 0 saturated carbocycles. The molecule has 3 amide bonds. The summed E-state index contributed by atoms with van der Waals surface area (Å²) >= 11 is 0. The van der Waals surface area contributed by atoms with Gasteiger partial charge in [0.2, 0.25) is 11.8 Å². The zero-order valence-electron chi connectivity index (χ0n) is 14.4. The van der Waals surface area contributed by atoms with E-state index >= 15 is 0 Å². The second-order valence-electron chi connectivity index (χ2n) is 7.55. The first-order chi connectivity index (χ1) is 13.0. The van der Waals surface area contributed by atoms with Crippen LogP contribution in [0.3, 0.4) is 0 Å². The molecule has 0 aliphatic carbocycles. The lowest BCUT2D eigenvalue weighted by molar-refractivity contribution is -0.136. The number of rotatable bonds is 2. The zero-order valence-corrected chi connectivity index (χ0v) is 14.4. The lowest BCUT2D eigenvalue weighted by Gasteiger charge is -2.55. The molecule has 27 heavy (non-hydrogen) atoms. The molecule has 5 rings (SSSR count). The number of fused-ring (bicyclic) bond motifs is 3. The highest BCUT2D eigenvalue weighted by atomic mass is 19.2. The maximum atomic E-state index is 14.5. The molecule has 3 atom stereocenters. The van der Waals surface area contributed by atoms with Gasteiger partial charge >= 0.3 is 0 Å². The molecule has 4 heterocycles. The van der Waals surface area contributed by atoms with E-state index in [2.05, 4.69) is 15.5 Å². The Morgan fingerprint density at radius 1 is 1.11 bits per heavy atom. The van der Waals surface area contributed by atoms with Crippen molar-refractivity contribution in [2.75, 3.05) is 18.0 Å². The number of halogens is 2. The summed E-state index contributed by atoms with van der Waals surface area (Å²) in [6.07, 6.45) is 1.27. The summed E-state index contributed by atoms with van der Waals surface area (Å²) in [6.45, 7) is 1.56. The minimum Gasteiger partial charge on any atom is -0.362 e. The van der Waals surface area contributed by atoms with Crippen LogP contribution < -0.4 is 15.5 Å². The summed E-state index contributed by atoms with van der Waals surface area (Å²) in [4.78, 5) is 39.7. The van der Waals surface area contributed by atoms with Gasteiger partial charge in [-0.2, -0.15) is 0 Å². The number of amides is 3. The van der Waals surface area contributed by atoms with E-state index in [1.807, 2.05) is 0 Å². The van der Waals surface area contributed by atoms with Crippen LogP contribution in [0.2, 0.25) is 0 Å². The Hall–Kier alpha value is -2.55. The van der Waals surface area contributed by atoms with E-state index < -0.39 is 29.5 Å². The van der Waals surface area contributed by atoms with Crippen molar-refractivity contribution in [3.8, 4) is 0 Å². The van der Waals surface area contributed by atoms with Gasteiger partial charge < -0.3 is 15.1 Å². The first-order valence-electron chi connectivity index (χ1n) is 9.10. The normalized spacial score (nSPS) is 29.6. The van der Waals surface area contributed by atoms with Crippen molar-refractivity contribution in [2.24, 2.45) is 0 Å². The van der Waals surface area contributed by atoms with E-state index in [1.165, 1.54) is 11.0 Å². The van der Waals surface area contributed by atoms with Crippen LogP contribution in [-0.2, 0) is 16.1 Å². The fraction of sp³-hybridized carbons (Fsp3) is 0.500. The minimum absolute atomic E-state index is 0.0380. The third-order valence-corrected chi connectivity index (χ3v) is 6.06. The highest BCUT2D eigenvalue weighted by Crippen LogP contribution is 2.42. The number of benzene rings is 1. The molecule has 142 valence electrons. The van der Waals surface area contributed by atoms with Crippen LogP contribution in [0.1, 0.15) is 35.2 Å². The quantitative estimate of drug-likeness (QED) is 0.725. The molecule has 3 unspecified atom stereocenters. The molecule has 3 fully saturated rings. The van der Waals surface area contributed by atoms with E-state index in [4.69, 9.17) is 0 Å². The smallest absolute Gasteiger partial charge is 0.258 e. The van der Waals surface area contributed by atoms with E-state index in [1.54, 1.807) is 0 Å². The van der Waals surface area contributed by atoms with Crippen LogP contribution in [-0.4, -0.2) is 53.8 Å². The second-order valence-corrected chi connectivity index (χ2v) is 7.55. The van der Waals surface area contributed by atoms with E-state index in [0.717, 1.165) is 19.5 Å². The Labute approximate surface area is 153 Å². The molecule has 0 radical (unpaired) electrons. The number of carbonyl (C=O) groups excluding carboxylic acids is 3. The van der Waals surface area contributed by atoms with Gasteiger partial charge in [0.1, 0.15) is 6.04 Å². The van der Waals surface area contributed by atoms with Crippen molar-refractivity contribution < 1.29 is 23.2 Å². The maximum Gasteiger partial charge on any atom is 0.258 e. The molecule has 7 nitrogen and oxygen atoms in total. The Morgan fingerprint density at radius 2 is 1.85 bits per heavy atom. The molecule has 4 aliphatic rings. The number of piperidine rings is 2. The number of anilines is 1. The van der Waals surface area contributed by atoms with Gasteiger partial charge in [0, 0.05) is 55.5 Å². The predicted molar refractivity (Wildman–Crippen MR) is 89.9 cm³/mol. The Kier molecular flexibility index (Phi) is 3.52. The lowest BCUT2D eigenvalue weighted by Crippen LogP contribution is -2.68. The fourth-order valence-corrected chi connectivity index (χ4v) is 4.76. The van der Waals surface area contributed by atoms with E-state index in [0.29, 0.717) is 11.3 Å². The van der Waals surface area contributed by atoms with E-state index in [9.17, 15) is 23.2 Å². The monoisotopic (exact) mass is 376 g/mol. The third-order valence-electron chi connectivity index (χ3n) is 6.06. The summed E-state index contributed by atoms with van der Waals surface area (Å²) < 4.78 is 28.8. The van der Waals surface area contributed by atoms with Gasteiger partial charge in [-0.3, -0.25) is 19.7 Å². The van der Waals surface area contributed by atoms with Gasteiger partial charge in [0.15, 0.2) is 11.6 Å². The third kappa shape index (κ3) is 2.30. The molecule has 9 heteroatoms. The number of hydrogen-bond donors (Lipinski definition) is 2. The first-order valence-corrected chi connectivity index (χ1v) is 9.10. The van der Waals surface area contributed by atoms with Crippen LogP contribution in [0.15, 0.2) is 6.07 Å². The van der Waals surface area contributed by atoms with Crippen molar-refractivity contribution >= 4 is 23.4 Å². The molecule has 1 aromatic carbocycles. The van der Waals surface area contributed by atoms with Crippen molar-refractivity contribution in [1.29, 1.82) is 0 Å². The van der Waals surface area contributed by atoms with Crippen molar-refractivity contribution in [1.82, 2.24) is 15.5 Å². The molecule has 1 aromatic rings. The molecule has 2 bridgehead atoms. The Balaban J connectivity index is 1.54. The standard InChI is InChI=1S/C18H18F2N4O3/c19-11-4-13(24-8-3-9(24)6-21-5-8)10-7-23(18(27)15(10)16(11)20)12-1-2-14(25)22-17(12)26/h4,8-9,12,21H,1-3,5-7H2,(H,22,25,26). The lowest BCUT2D eigenvalue weighted by atomic mass is 9.86. The molecule has 3 saturated heterocycles. The van der Waals surface area contributed by atoms with Gasteiger partial charge in [-0.05, 0) is 12.8 Å². The summed E-state index contributed by atoms with van der Waals surface area (Å²) in [5, 5.41) is 5.50. The number of carbonyl (C=O) groups is 3. The van der Waals surface area contributed by atoms with Crippen LogP contribution in [0.25, 0.3) is 0 Å². The second kappa shape index (κ2) is 5.72. The molecular weight excluding hydrogens is 358 g/mol. The zero-order chi connectivity index (χ0) is 18.9. The first kappa shape index (κ1) is 16.6. The SMILES string of the molecule is O=C1CCC(N2Cc3c(N4C5CNCC4C5)cc(F)c(F)c3C2=O)C(=O)N1. The summed E-state index contributed by atoms with van der Waals surface area (Å²) in [5.41, 5.74) is 0.683. The minimum atomic E-state index is -1.17. The number of nitrogens with zero attached hydrogens (tertiary/aromatic N) is 2. The Morgan fingerprint density at radius 3 is 2.52 bits per heavy atom. The largest absolute Gasteiger partial charge is 0.362 e. The predicted octanol–water partition coefficient (Wildman–Crippen LogP) is 0.276. The molecule has 4 aliphatic heterocycles. The Bertz CT molecular complexity index is 876. The van der Waals surface area contributed by atoms with Crippen LogP contribution >= 0.6 is 0 Å². The van der Waals surface area contributed by atoms with Crippen molar-refractivity contribution in [3.63, 3.8) is 0 Å². The van der Waals surface area contributed by atoms with Crippen LogP contribution in [0.4, 0.5) is 14.5 Å². The van der Waals surface area contributed by atoms with Gasteiger partial charge in [-0.1, -0.05) is 0 Å². The number of nitrogens with one attached hydrogen (secondary N) is 2. The highest BCUT2D eigenvalue weighted by molar-refractivity contribution is 6.06. The highest BCUT2D eigenvalue weighted by Gasteiger charge is 2.47. The molecular formula is C18H18F2N4O3. The van der Waals surface area contributed by atoms with Gasteiger partial charge in [-0.25, -0.2) is 8.78 Å². The topological polar surface area (TPSA) is 81.8 Å². The summed E-state index contributed by atoms with van der Waals surface area (Å²) in [6, 6.07) is 0.699. The van der Waals surface area contributed by atoms with Crippen molar-refractivity contribution in [2.45, 2.75) is 43.9 Å². The summed E-state index contributed by atoms with van der Waals surface area (Å²) in [5.74, 6) is -3.88. The van der Waals surface area contributed by atoms with Gasteiger partial charge in [0.05, 0.1) is 5.56 Å². The number of imide groups is 1. The molecule has 0 aromatic heterocycles. The van der Waals surface area contributed by atoms with Gasteiger partial charge in [0.25, 0.3) is 5.91 Å². The number of hydrogen-bond acceptors (Lipinski definition) is 5. The maximum absolute atomic E-state index is 14.5. The van der Waals surface area contributed by atoms with Crippen molar-refractivity contribution in [3.05, 3.63) is 28.8 Å². The van der Waals surface area contributed by atoms with Crippen LogP contribution in [0, 0.1) is 11.6 Å². The van der Waals surface area contributed by atoms with Gasteiger partial charge in [-0.15, -0.1) is 0 Å².